The van der Waals surface area contributed by atoms with E-state index in [4.69, 9.17) is 5.73 Å². The molecule has 6 heteroatoms. The summed E-state index contributed by atoms with van der Waals surface area (Å²) in [6, 6.07) is 13.3. The third-order valence-electron chi connectivity index (χ3n) is 4.14. The number of carbonyl (C=O) groups excluding carboxylic acids is 1. The summed E-state index contributed by atoms with van der Waals surface area (Å²) in [7, 11) is 0. The molecule has 0 aliphatic heterocycles. The minimum atomic E-state index is -0.501. The standard InChI is InChI=1S/C18H15N3O2S/c19-17(22)15-11-13-16(24-15)12-5-1-2-6-14(12)21(18(13)23)10-9-20-7-3-4-8-20/h1-8,11H,9-10H2,(H2,19,22). The van der Waals surface area contributed by atoms with E-state index in [0.29, 0.717) is 23.4 Å². The molecule has 0 fully saturated rings. The van der Waals surface area contributed by atoms with E-state index in [9.17, 15) is 9.59 Å². The molecular formula is C18H15N3O2S. The summed E-state index contributed by atoms with van der Waals surface area (Å²) in [6.07, 6.45) is 3.95. The van der Waals surface area contributed by atoms with Gasteiger partial charge in [-0.25, -0.2) is 0 Å². The Balaban J connectivity index is 1.95. The molecule has 1 aromatic carbocycles. The Labute approximate surface area is 141 Å². The first-order valence-corrected chi connectivity index (χ1v) is 8.42. The fraction of sp³-hybridized carbons (Fsp3) is 0.111. The van der Waals surface area contributed by atoms with Gasteiger partial charge in [0.25, 0.3) is 11.5 Å². The van der Waals surface area contributed by atoms with Crippen molar-refractivity contribution in [2.45, 2.75) is 13.1 Å². The first kappa shape index (κ1) is 14.7. The number of nitrogens with two attached hydrogens (primary N) is 1. The van der Waals surface area contributed by atoms with Crippen LogP contribution in [0.25, 0.3) is 21.0 Å². The van der Waals surface area contributed by atoms with Crippen LogP contribution in [0.3, 0.4) is 0 Å². The van der Waals surface area contributed by atoms with Crippen LogP contribution in [0.5, 0.6) is 0 Å². The Bertz CT molecular complexity index is 1110. The number of thiophene rings is 1. The number of carbonyl (C=O) groups is 1. The van der Waals surface area contributed by atoms with Crippen molar-refractivity contribution in [2.75, 3.05) is 0 Å². The van der Waals surface area contributed by atoms with E-state index in [1.807, 2.05) is 53.4 Å². The summed E-state index contributed by atoms with van der Waals surface area (Å²) >= 11 is 1.28. The minimum absolute atomic E-state index is 0.0837. The van der Waals surface area contributed by atoms with Gasteiger partial charge in [0.2, 0.25) is 0 Å². The molecule has 0 saturated carbocycles. The van der Waals surface area contributed by atoms with Gasteiger partial charge in [0, 0.05) is 35.6 Å². The van der Waals surface area contributed by atoms with E-state index in [2.05, 4.69) is 0 Å². The molecule has 3 aromatic heterocycles. The summed E-state index contributed by atoms with van der Waals surface area (Å²) in [6.45, 7) is 1.26. The molecular weight excluding hydrogens is 322 g/mol. The van der Waals surface area contributed by atoms with Gasteiger partial charge in [0.1, 0.15) is 0 Å². The molecule has 4 aromatic rings. The highest BCUT2D eigenvalue weighted by atomic mass is 32.1. The highest BCUT2D eigenvalue weighted by Crippen LogP contribution is 2.30. The highest BCUT2D eigenvalue weighted by molar-refractivity contribution is 7.21. The van der Waals surface area contributed by atoms with Crippen molar-refractivity contribution in [2.24, 2.45) is 5.73 Å². The molecule has 2 N–H and O–H groups in total. The third-order valence-corrected chi connectivity index (χ3v) is 5.32. The normalized spacial score (nSPS) is 11.3. The number of amides is 1. The smallest absolute Gasteiger partial charge is 0.259 e. The van der Waals surface area contributed by atoms with Crippen molar-refractivity contribution < 1.29 is 4.79 Å². The molecule has 4 rings (SSSR count). The largest absolute Gasteiger partial charge is 0.365 e. The molecule has 1 amide bonds. The minimum Gasteiger partial charge on any atom is -0.365 e. The van der Waals surface area contributed by atoms with Crippen molar-refractivity contribution >= 4 is 38.2 Å². The fourth-order valence-corrected chi connectivity index (χ4v) is 4.02. The van der Waals surface area contributed by atoms with Crippen LogP contribution in [0.4, 0.5) is 0 Å². The van der Waals surface area contributed by atoms with Crippen LogP contribution in [-0.4, -0.2) is 15.0 Å². The van der Waals surface area contributed by atoms with Gasteiger partial charge >= 0.3 is 0 Å². The Morgan fingerprint density at radius 2 is 1.79 bits per heavy atom. The molecule has 5 nitrogen and oxygen atoms in total. The maximum Gasteiger partial charge on any atom is 0.259 e. The zero-order chi connectivity index (χ0) is 16.7. The molecule has 120 valence electrons. The van der Waals surface area contributed by atoms with Crippen LogP contribution in [0.2, 0.25) is 0 Å². The van der Waals surface area contributed by atoms with Crippen molar-refractivity contribution in [1.82, 2.24) is 9.13 Å². The van der Waals surface area contributed by atoms with Crippen LogP contribution in [-0.2, 0) is 13.1 Å². The topological polar surface area (TPSA) is 70.0 Å². The average molecular weight is 337 g/mol. The number of fused-ring (bicyclic) bond motifs is 3. The molecule has 0 unspecified atom stereocenters. The molecule has 0 bridgehead atoms. The fourth-order valence-electron chi connectivity index (χ4n) is 2.98. The summed E-state index contributed by atoms with van der Waals surface area (Å²) in [5.41, 5.74) is 6.18. The second kappa shape index (κ2) is 5.65. The molecule has 24 heavy (non-hydrogen) atoms. The number of benzene rings is 1. The summed E-state index contributed by atoms with van der Waals surface area (Å²) in [4.78, 5) is 24.9. The number of hydrogen-bond donors (Lipinski definition) is 1. The van der Waals surface area contributed by atoms with Gasteiger partial charge in [0.05, 0.1) is 15.8 Å². The average Bonchev–Trinajstić information content (AvgIpc) is 3.24. The number of rotatable bonds is 4. The number of aryl methyl sites for hydroxylation is 2. The highest BCUT2D eigenvalue weighted by Gasteiger charge is 2.15. The van der Waals surface area contributed by atoms with E-state index >= 15 is 0 Å². The van der Waals surface area contributed by atoms with Crippen molar-refractivity contribution in [3.05, 3.63) is 70.1 Å². The van der Waals surface area contributed by atoms with Gasteiger partial charge in [-0.3, -0.25) is 9.59 Å². The number of hydrogen-bond acceptors (Lipinski definition) is 3. The predicted octanol–water partition coefficient (Wildman–Crippen LogP) is 2.82. The van der Waals surface area contributed by atoms with Gasteiger partial charge in [0.15, 0.2) is 0 Å². The monoisotopic (exact) mass is 337 g/mol. The van der Waals surface area contributed by atoms with E-state index < -0.39 is 5.91 Å². The van der Waals surface area contributed by atoms with Crippen molar-refractivity contribution in [3.63, 3.8) is 0 Å². The van der Waals surface area contributed by atoms with Gasteiger partial charge in [-0.15, -0.1) is 11.3 Å². The summed E-state index contributed by atoms with van der Waals surface area (Å²) in [5, 5.41) is 1.53. The SMILES string of the molecule is NC(=O)c1cc2c(=O)n(CCn3cccc3)c3ccccc3c2s1. The maximum atomic E-state index is 12.9. The van der Waals surface area contributed by atoms with E-state index in [-0.39, 0.29) is 5.56 Å². The number of aromatic nitrogens is 2. The zero-order valence-electron chi connectivity index (χ0n) is 12.8. The maximum absolute atomic E-state index is 12.9. The van der Waals surface area contributed by atoms with Gasteiger partial charge in [-0.2, -0.15) is 0 Å². The van der Waals surface area contributed by atoms with Crippen LogP contribution in [0.1, 0.15) is 9.67 Å². The molecule has 0 aliphatic rings. The van der Waals surface area contributed by atoms with Crippen molar-refractivity contribution in [1.29, 1.82) is 0 Å². The predicted molar refractivity (Wildman–Crippen MR) is 96.5 cm³/mol. The van der Waals surface area contributed by atoms with Crippen LogP contribution < -0.4 is 11.3 Å². The molecule has 3 heterocycles. The lowest BCUT2D eigenvalue weighted by atomic mass is 10.1. The third kappa shape index (κ3) is 2.32. The van der Waals surface area contributed by atoms with Gasteiger partial charge < -0.3 is 14.9 Å². The Morgan fingerprint density at radius 1 is 1.04 bits per heavy atom. The Hall–Kier alpha value is -2.86. The molecule has 0 aliphatic carbocycles. The number of primary amides is 1. The van der Waals surface area contributed by atoms with Crippen LogP contribution in [0.15, 0.2) is 59.7 Å². The molecule has 0 saturated heterocycles. The second-order valence-electron chi connectivity index (χ2n) is 5.61. The van der Waals surface area contributed by atoms with Crippen molar-refractivity contribution in [3.8, 4) is 0 Å². The van der Waals surface area contributed by atoms with E-state index in [0.717, 1.165) is 15.6 Å². The van der Waals surface area contributed by atoms with Crippen LogP contribution >= 0.6 is 11.3 Å². The number of nitrogens with zero attached hydrogens (tertiary/aromatic N) is 2. The molecule has 0 radical (unpaired) electrons. The summed E-state index contributed by atoms with van der Waals surface area (Å²) < 4.78 is 4.63. The van der Waals surface area contributed by atoms with Gasteiger partial charge in [-0.1, -0.05) is 18.2 Å². The van der Waals surface area contributed by atoms with Crippen LogP contribution in [0, 0.1) is 0 Å². The van der Waals surface area contributed by atoms with E-state index in [1.54, 1.807) is 10.6 Å². The molecule has 0 atom stereocenters. The van der Waals surface area contributed by atoms with E-state index in [1.165, 1.54) is 11.3 Å². The Morgan fingerprint density at radius 3 is 2.54 bits per heavy atom. The summed E-state index contributed by atoms with van der Waals surface area (Å²) in [5.74, 6) is -0.501. The first-order valence-electron chi connectivity index (χ1n) is 7.61. The number of para-hydroxylation sites is 1. The zero-order valence-corrected chi connectivity index (χ0v) is 13.6. The lowest BCUT2D eigenvalue weighted by molar-refractivity contribution is 0.100. The lowest BCUT2D eigenvalue weighted by Crippen LogP contribution is -2.22. The lowest BCUT2D eigenvalue weighted by Gasteiger charge is -2.12. The first-order chi connectivity index (χ1) is 11.6. The van der Waals surface area contributed by atoms with Gasteiger partial charge in [-0.05, 0) is 24.3 Å². The Kier molecular flexibility index (Phi) is 3.46. The quantitative estimate of drug-likeness (QED) is 0.622. The second-order valence-corrected chi connectivity index (χ2v) is 6.66. The number of pyridine rings is 1. The molecule has 0 spiro atoms.